The molecule has 1 aromatic heterocycles. The van der Waals surface area contributed by atoms with E-state index in [2.05, 4.69) is 36.8 Å². The zero-order chi connectivity index (χ0) is 12.4. The topological polar surface area (TPSA) is 42.4 Å². The predicted octanol–water partition coefficient (Wildman–Crippen LogP) is 3.76. The second kappa shape index (κ2) is 5.48. The molecule has 17 heavy (non-hydrogen) atoms. The Morgan fingerprint density at radius 3 is 2.71 bits per heavy atom. The van der Waals surface area contributed by atoms with E-state index in [-0.39, 0.29) is 0 Å². The first-order valence-corrected chi connectivity index (χ1v) is 7.20. The number of hydrogen-bond donors (Lipinski definition) is 1. The minimum atomic E-state index is -0.681. The van der Waals surface area contributed by atoms with E-state index < -0.39 is 6.10 Å². The molecule has 0 saturated heterocycles. The zero-order valence-electron chi connectivity index (χ0n) is 8.85. The average molecular weight is 379 g/mol. The number of aliphatic hydroxyl groups is 1. The summed E-state index contributed by atoms with van der Waals surface area (Å²) in [5.41, 5.74) is 2.49. The van der Waals surface area contributed by atoms with Crippen LogP contribution >= 0.6 is 43.2 Å². The summed E-state index contributed by atoms with van der Waals surface area (Å²) < 4.78 is 6.65. The molecule has 0 radical (unpaired) electrons. The number of rotatable bonds is 3. The molecule has 0 aliphatic rings. The van der Waals surface area contributed by atoms with Crippen molar-refractivity contribution in [3.63, 3.8) is 0 Å². The number of halogens is 2. The van der Waals surface area contributed by atoms with Crippen LogP contribution in [-0.2, 0) is 0 Å². The van der Waals surface area contributed by atoms with Crippen LogP contribution in [0.2, 0.25) is 0 Å². The van der Waals surface area contributed by atoms with Crippen LogP contribution in [0.15, 0.2) is 32.8 Å². The van der Waals surface area contributed by atoms with Crippen LogP contribution in [0.5, 0.6) is 5.75 Å². The highest BCUT2D eigenvalue weighted by Gasteiger charge is 2.17. The first-order valence-electron chi connectivity index (χ1n) is 4.74. The third kappa shape index (κ3) is 2.70. The van der Waals surface area contributed by atoms with Crippen molar-refractivity contribution in [3.05, 3.63) is 43.2 Å². The molecule has 1 N–H and O–H groups in total. The Hall–Kier alpha value is -0.430. The number of nitrogens with zero attached hydrogens (tertiary/aromatic N) is 1. The van der Waals surface area contributed by atoms with Gasteiger partial charge in [-0.25, -0.2) is 4.98 Å². The molecule has 1 unspecified atom stereocenters. The van der Waals surface area contributed by atoms with Gasteiger partial charge in [0.2, 0.25) is 0 Å². The lowest BCUT2D eigenvalue weighted by atomic mass is 10.1. The van der Waals surface area contributed by atoms with Crippen LogP contribution in [0.4, 0.5) is 0 Å². The molecule has 2 rings (SSSR count). The maximum atomic E-state index is 10.2. The fourth-order valence-corrected chi connectivity index (χ4v) is 3.40. The minimum absolute atomic E-state index is 0.681. The van der Waals surface area contributed by atoms with Crippen molar-refractivity contribution in [1.29, 1.82) is 0 Å². The molecule has 1 atom stereocenters. The summed E-state index contributed by atoms with van der Waals surface area (Å²) in [6.07, 6.45) is -0.681. The van der Waals surface area contributed by atoms with Gasteiger partial charge in [-0.1, -0.05) is 6.07 Å². The molecule has 0 amide bonds. The molecule has 0 bridgehead atoms. The molecule has 2 aromatic rings. The van der Waals surface area contributed by atoms with E-state index >= 15 is 0 Å². The largest absolute Gasteiger partial charge is 0.496 e. The zero-order valence-corrected chi connectivity index (χ0v) is 12.8. The Labute approximate surface area is 120 Å². The lowest BCUT2D eigenvalue weighted by Crippen LogP contribution is -1.98. The lowest BCUT2D eigenvalue weighted by Gasteiger charge is -2.11. The summed E-state index contributed by atoms with van der Waals surface area (Å²) in [4.78, 5) is 4.85. The standard InChI is InChI=1S/C11H9Br2NO2S/c1-16-8-3-2-6(4-7(8)12)9(15)10-11(13)14-5-17-10/h2-5,9,15H,1H3. The summed E-state index contributed by atoms with van der Waals surface area (Å²) in [6, 6.07) is 5.49. The Balaban J connectivity index is 2.35. The number of methoxy groups -OCH3 is 1. The molecule has 1 heterocycles. The van der Waals surface area contributed by atoms with Crippen LogP contribution < -0.4 is 4.74 Å². The number of hydrogen-bond acceptors (Lipinski definition) is 4. The highest BCUT2D eigenvalue weighted by Crippen LogP contribution is 2.34. The van der Waals surface area contributed by atoms with E-state index in [9.17, 15) is 5.11 Å². The van der Waals surface area contributed by atoms with Gasteiger partial charge in [0, 0.05) is 0 Å². The van der Waals surface area contributed by atoms with Gasteiger partial charge in [-0.15, -0.1) is 11.3 Å². The van der Waals surface area contributed by atoms with E-state index in [1.807, 2.05) is 18.2 Å². The fourth-order valence-electron chi connectivity index (χ4n) is 1.42. The molecule has 0 aliphatic carbocycles. The van der Waals surface area contributed by atoms with Crippen molar-refractivity contribution >= 4 is 43.2 Å². The number of aromatic nitrogens is 1. The van der Waals surface area contributed by atoms with Crippen molar-refractivity contribution < 1.29 is 9.84 Å². The third-order valence-electron chi connectivity index (χ3n) is 2.29. The van der Waals surface area contributed by atoms with Crippen molar-refractivity contribution in [2.45, 2.75) is 6.10 Å². The highest BCUT2D eigenvalue weighted by molar-refractivity contribution is 9.10. The third-order valence-corrected chi connectivity index (χ3v) is 4.68. The number of aliphatic hydroxyl groups excluding tert-OH is 1. The molecule has 6 heteroatoms. The summed E-state index contributed by atoms with van der Waals surface area (Å²) in [5.74, 6) is 0.740. The molecule has 0 aliphatic heterocycles. The molecule has 1 aromatic carbocycles. The average Bonchev–Trinajstić information content (AvgIpc) is 2.74. The lowest BCUT2D eigenvalue weighted by molar-refractivity contribution is 0.223. The smallest absolute Gasteiger partial charge is 0.133 e. The fraction of sp³-hybridized carbons (Fsp3) is 0.182. The molecular weight excluding hydrogens is 370 g/mol. The highest BCUT2D eigenvalue weighted by atomic mass is 79.9. The first kappa shape index (κ1) is 13.0. The molecule has 90 valence electrons. The Kier molecular flexibility index (Phi) is 4.19. The van der Waals surface area contributed by atoms with Crippen LogP contribution in [0.25, 0.3) is 0 Å². The normalized spacial score (nSPS) is 12.5. The van der Waals surface area contributed by atoms with Gasteiger partial charge < -0.3 is 9.84 Å². The van der Waals surface area contributed by atoms with Gasteiger partial charge in [0.15, 0.2) is 0 Å². The van der Waals surface area contributed by atoms with E-state index in [4.69, 9.17) is 4.74 Å². The van der Waals surface area contributed by atoms with Crippen LogP contribution in [0.1, 0.15) is 16.5 Å². The summed E-state index contributed by atoms with van der Waals surface area (Å²) in [5, 5.41) is 10.2. The van der Waals surface area contributed by atoms with E-state index in [1.165, 1.54) is 11.3 Å². The Morgan fingerprint density at radius 1 is 1.41 bits per heavy atom. The number of thiazole rings is 1. The number of benzene rings is 1. The molecular formula is C11H9Br2NO2S. The van der Waals surface area contributed by atoms with Gasteiger partial charge in [-0.05, 0) is 49.6 Å². The van der Waals surface area contributed by atoms with Crippen molar-refractivity contribution in [2.75, 3.05) is 7.11 Å². The monoisotopic (exact) mass is 377 g/mol. The maximum Gasteiger partial charge on any atom is 0.133 e. The van der Waals surface area contributed by atoms with E-state index in [1.54, 1.807) is 12.6 Å². The SMILES string of the molecule is COc1ccc(C(O)c2scnc2Br)cc1Br. The Morgan fingerprint density at radius 2 is 2.18 bits per heavy atom. The van der Waals surface area contributed by atoms with Crippen molar-refractivity contribution in [2.24, 2.45) is 0 Å². The van der Waals surface area contributed by atoms with Crippen LogP contribution in [0, 0.1) is 0 Å². The van der Waals surface area contributed by atoms with Crippen molar-refractivity contribution in [3.8, 4) is 5.75 Å². The second-order valence-corrected chi connectivity index (χ2v) is 5.80. The van der Waals surface area contributed by atoms with Crippen LogP contribution in [-0.4, -0.2) is 17.2 Å². The molecule has 3 nitrogen and oxygen atoms in total. The van der Waals surface area contributed by atoms with Gasteiger partial charge >= 0.3 is 0 Å². The summed E-state index contributed by atoms with van der Waals surface area (Å²) >= 11 is 8.12. The Bertz CT molecular complexity index is 530. The van der Waals surface area contributed by atoms with Gasteiger partial charge in [0.25, 0.3) is 0 Å². The van der Waals surface area contributed by atoms with Gasteiger partial charge in [-0.2, -0.15) is 0 Å². The van der Waals surface area contributed by atoms with Crippen molar-refractivity contribution in [1.82, 2.24) is 4.98 Å². The molecule has 0 spiro atoms. The van der Waals surface area contributed by atoms with Gasteiger partial charge in [-0.3, -0.25) is 0 Å². The summed E-state index contributed by atoms with van der Waals surface area (Å²) in [7, 11) is 1.61. The van der Waals surface area contributed by atoms with Gasteiger partial charge in [0.1, 0.15) is 16.5 Å². The number of ether oxygens (including phenoxy) is 1. The predicted molar refractivity (Wildman–Crippen MR) is 74.6 cm³/mol. The van der Waals surface area contributed by atoms with Gasteiger partial charge in [0.05, 0.1) is 22.0 Å². The van der Waals surface area contributed by atoms with E-state index in [0.717, 1.165) is 20.7 Å². The summed E-state index contributed by atoms with van der Waals surface area (Å²) in [6.45, 7) is 0. The van der Waals surface area contributed by atoms with Crippen LogP contribution in [0.3, 0.4) is 0 Å². The first-order chi connectivity index (χ1) is 8.13. The minimum Gasteiger partial charge on any atom is -0.496 e. The quantitative estimate of drug-likeness (QED) is 0.884. The maximum absolute atomic E-state index is 10.2. The van der Waals surface area contributed by atoms with E-state index in [0.29, 0.717) is 4.60 Å². The molecule has 0 fully saturated rings. The second-order valence-electron chi connectivity index (χ2n) is 3.30. The molecule has 0 saturated carbocycles.